The molecule has 0 aliphatic carbocycles. The quantitative estimate of drug-likeness (QED) is 0.847. The van der Waals surface area contributed by atoms with Crippen LogP contribution in [-0.2, 0) is 4.79 Å². The van der Waals surface area contributed by atoms with Crippen molar-refractivity contribution < 1.29 is 4.79 Å². The van der Waals surface area contributed by atoms with E-state index in [1.54, 1.807) is 0 Å². The van der Waals surface area contributed by atoms with Crippen molar-refractivity contribution in [1.29, 1.82) is 0 Å². The van der Waals surface area contributed by atoms with Crippen molar-refractivity contribution in [3.63, 3.8) is 0 Å². The molecule has 3 nitrogen and oxygen atoms in total. The minimum Gasteiger partial charge on any atom is -0.358 e. The van der Waals surface area contributed by atoms with E-state index in [2.05, 4.69) is 10.2 Å². The van der Waals surface area contributed by atoms with Gasteiger partial charge in [-0.15, -0.1) is 0 Å². The molecule has 1 amide bonds. The molecule has 1 aromatic carbocycles. The number of halogens is 1. The van der Waals surface area contributed by atoms with Crippen LogP contribution in [0.1, 0.15) is 31.4 Å². The van der Waals surface area contributed by atoms with Gasteiger partial charge in [0.2, 0.25) is 5.91 Å². The third-order valence-corrected chi connectivity index (χ3v) is 5.18. The first-order valence-electron chi connectivity index (χ1n) is 7.03. The highest BCUT2D eigenvalue weighted by atomic mass is 35.5. The smallest absolute Gasteiger partial charge is 0.230 e. The summed E-state index contributed by atoms with van der Waals surface area (Å²) in [6, 6.07) is 7.48. The Bertz CT molecular complexity index is 518. The molecule has 21 heavy (non-hydrogen) atoms. The van der Waals surface area contributed by atoms with Crippen LogP contribution >= 0.6 is 35.6 Å². The summed E-state index contributed by atoms with van der Waals surface area (Å²) in [5.74, 6) is 0.356. The fourth-order valence-electron chi connectivity index (χ4n) is 2.26. The Labute approximate surface area is 140 Å². The minimum absolute atomic E-state index is 0.00553. The first-order valence-corrected chi connectivity index (χ1v) is 8.80. The maximum atomic E-state index is 12.0. The lowest BCUT2D eigenvalue weighted by atomic mass is 10.1. The third-order valence-electron chi connectivity index (χ3n) is 3.42. The number of benzene rings is 1. The van der Waals surface area contributed by atoms with Crippen LogP contribution in [0.15, 0.2) is 24.3 Å². The molecule has 1 aromatic rings. The molecule has 0 bridgehead atoms. The monoisotopic (exact) mass is 342 g/mol. The van der Waals surface area contributed by atoms with E-state index < -0.39 is 0 Å². The molecule has 1 atom stereocenters. The topological polar surface area (TPSA) is 32.3 Å². The summed E-state index contributed by atoms with van der Waals surface area (Å²) in [7, 11) is 0. The highest BCUT2D eigenvalue weighted by Crippen LogP contribution is 2.19. The number of hydrogen-bond donors (Lipinski definition) is 1. The van der Waals surface area contributed by atoms with Crippen LogP contribution in [0.5, 0.6) is 0 Å². The number of amides is 1. The van der Waals surface area contributed by atoms with Gasteiger partial charge in [0, 0.05) is 18.1 Å². The zero-order chi connectivity index (χ0) is 15.2. The molecule has 0 spiro atoms. The number of nitrogens with one attached hydrogen (secondary N) is 1. The Hall–Kier alpha value is -0.780. The van der Waals surface area contributed by atoms with Gasteiger partial charge in [0.15, 0.2) is 0 Å². The minimum atomic E-state index is -0.0582. The molecule has 0 radical (unpaired) electrons. The number of hydrogen-bond acceptors (Lipinski definition) is 3. The largest absolute Gasteiger partial charge is 0.358 e. The zero-order valence-corrected chi connectivity index (χ0v) is 14.4. The van der Waals surface area contributed by atoms with Crippen molar-refractivity contribution in [1.82, 2.24) is 10.2 Å². The highest BCUT2D eigenvalue weighted by Gasteiger charge is 2.17. The summed E-state index contributed by atoms with van der Waals surface area (Å²) < 4.78 is 0.832. The Morgan fingerprint density at radius 2 is 2.19 bits per heavy atom. The van der Waals surface area contributed by atoms with E-state index in [0.29, 0.717) is 10.8 Å². The van der Waals surface area contributed by atoms with Crippen LogP contribution in [0, 0.1) is 0 Å². The van der Waals surface area contributed by atoms with Gasteiger partial charge in [0.25, 0.3) is 0 Å². The van der Waals surface area contributed by atoms with Crippen molar-refractivity contribution in [2.45, 2.75) is 25.8 Å². The molecule has 2 rings (SSSR count). The summed E-state index contributed by atoms with van der Waals surface area (Å²) in [6.07, 6.45) is 2.39. The molecule has 1 saturated heterocycles. The van der Waals surface area contributed by atoms with Crippen molar-refractivity contribution >= 4 is 45.8 Å². The van der Waals surface area contributed by atoms with Gasteiger partial charge in [-0.25, -0.2) is 0 Å². The van der Waals surface area contributed by atoms with Crippen molar-refractivity contribution in [3.05, 3.63) is 34.9 Å². The van der Waals surface area contributed by atoms with Gasteiger partial charge >= 0.3 is 0 Å². The molecule has 1 heterocycles. The first-order chi connectivity index (χ1) is 10.1. The van der Waals surface area contributed by atoms with Crippen LogP contribution < -0.4 is 5.32 Å². The second-order valence-corrected chi connectivity index (χ2v) is 7.14. The number of likely N-dealkylation sites (tertiary alicyclic amines) is 1. The molecular weight excluding hydrogens is 324 g/mol. The summed E-state index contributed by atoms with van der Waals surface area (Å²) >= 11 is 12.8. The Balaban J connectivity index is 1.77. The molecule has 6 heteroatoms. The normalized spacial score (nSPS) is 15.8. The maximum absolute atomic E-state index is 12.0. The van der Waals surface area contributed by atoms with E-state index in [9.17, 15) is 4.79 Å². The molecular formula is C15H19ClN2OS2. The molecule has 114 valence electrons. The molecule has 1 fully saturated rings. The van der Waals surface area contributed by atoms with Crippen LogP contribution in [0.3, 0.4) is 0 Å². The molecule has 0 unspecified atom stereocenters. The lowest BCUT2D eigenvalue weighted by molar-refractivity contribution is -0.119. The van der Waals surface area contributed by atoms with Crippen LogP contribution in [0.25, 0.3) is 0 Å². The maximum Gasteiger partial charge on any atom is 0.230 e. The molecule has 0 saturated carbocycles. The number of rotatable bonds is 4. The summed E-state index contributed by atoms with van der Waals surface area (Å²) in [5, 5.41) is 3.65. The Morgan fingerprint density at radius 1 is 1.48 bits per heavy atom. The fraction of sp³-hybridized carbons (Fsp3) is 0.467. The number of thioether (sulfide) groups is 1. The van der Waals surface area contributed by atoms with E-state index >= 15 is 0 Å². The highest BCUT2D eigenvalue weighted by molar-refractivity contribution is 8.23. The van der Waals surface area contributed by atoms with Crippen molar-refractivity contribution in [2.75, 3.05) is 18.8 Å². The van der Waals surface area contributed by atoms with Crippen LogP contribution in [0.4, 0.5) is 0 Å². The molecule has 1 N–H and O–H groups in total. The second-order valence-electron chi connectivity index (χ2n) is 5.09. The van der Waals surface area contributed by atoms with Crippen LogP contribution in [0.2, 0.25) is 5.02 Å². The van der Waals surface area contributed by atoms with Gasteiger partial charge < -0.3 is 10.2 Å². The van der Waals surface area contributed by atoms with Crippen molar-refractivity contribution in [2.24, 2.45) is 0 Å². The average Bonchev–Trinajstić information content (AvgIpc) is 2.99. The first kappa shape index (κ1) is 16.6. The van der Waals surface area contributed by atoms with Gasteiger partial charge in [0.1, 0.15) is 4.32 Å². The second kappa shape index (κ2) is 8.01. The van der Waals surface area contributed by atoms with E-state index in [1.165, 1.54) is 24.6 Å². The van der Waals surface area contributed by atoms with E-state index in [0.717, 1.165) is 23.0 Å². The number of thiocarbonyl (C=S) groups is 1. The number of nitrogens with zero attached hydrogens (tertiary/aromatic N) is 1. The standard InChI is InChI=1S/C15H19ClN2OS2/c1-11(12-5-4-6-13(16)9-12)17-14(19)10-21-15(20)18-7-2-3-8-18/h4-6,9,11H,2-3,7-8,10H2,1H3,(H,17,19)/t11-/m1/s1. The average molecular weight is 343 g/mol. The summed E-state index contributed by atoms with van der Waals surface area (Å²) in [6.45, 7) is 3.99. The third kappa shape index (κ3) is 5.16. The Kier molecular flexibility index (Phi) is 6.33. The molecule has 1 aliphatic heterocycles. The SMILES string of the molecule is C[C@@H](NC(=O)CSC(=S)N1CCCC1)c1cccc(Cl)c1. The summed E-state index contributed by atoms with van der Waals surface area (Å²) in [5.41, 5.74) is 1.00. The number of carbonyl (C=O) groups is 1. The zero-order valence-electron chi connectivity index (χ0n) is 12.0. The Morgan fingerprint density at radius 3 is 2.86 bits per heavy atom. The predicted octanol–water partition coefficient (Wildman–Crippen LogP) is 3.63. The predicted molar refractivity (Wildman–Crippen MR) is 93.9 cm³/mol. The molecule has 0 aromatic heterocycles. The summed E-state index contributed by atoms with van der Waals surface area (Å²) in [4.78, 5) is 14.2. The lowest BCUT2D eigenvalue weighted by Gasteiger charge is -2.18. The van der Waals surface area contributed by atoms with Gasteiger partial charge in [-0.1, -0.05) is 47.7 Å². The van der Waals surface area contributed by atoms with Crippen molar-refractivity contribution in [3.8, 4) is 0 Å². The van der Waals surface area contributed by atoms with E-state index in [1.807, 2.05) is 31.2 Å². The fourth-order valence-corrected chi connectivity index (χ4v) is 3.52. The van der Waals surface area contributed by atoms with Gasteiger partial charge in [-0.05, 0) is 37.5 Å². The van der Waals surface area contributed by atoms with Crippen LogP contribution in [-0.4, -0.2) is 34.0 Å². The van der Waals surface area contributed by atoms with Gasteiger partial charge in [0.05, 0.1) is 11.8 Å². The van der Waals surface area contributed by atoms with Gasteiger partial charge in [-0.3, -0.25) is 4.79 Å². The number of carbonyl (C=O) groups excluding carboxylic acids is 1. The van der Waals surface area contributed by atoms with E-state index in [4.69, 9.17) is 23.8 Å². The molecule has 1 aliphatic rings. The lowest BCUT2D eigenvalue weighted by Crippen LogP contribution is -2.30. The van der Waals surface area contributed by atoms with E-state index in [-0.39, 0.29) is 11.9 Å². The van der Waals surface area contributed by atoms with Gasteiger partial charge in [-0.2, -0.15) is 0 Å².